The van der Waals surface area contributed by atoms with Gasteiger partial charge in [-0.25, -0.2) is 4.98 Å². The van der Waals surface area contributed by atoms with E-state index in [1.807, 2.05) is 71.6 Å². The smallest absolute Gasteiger partial charge is 0.135 e. The minimum Gasteiger partial charge on any atom is -0.319 e. The number of nitrogens with zero attached hydrogens (tertiary/aromatic N) is 2. The van der Waals surface area contributed by atoms with Crippen molar-refractivity contribution < 1.29 is 35.6 Å². The van der Waals surface area contributed by atoms with Crippen LogP contribution in [0.4, 0.5) is 17.2 Å². The molecule has 2 aromatic carbocycles. The van der Waals surface area contributed by atoms with Gasteiger partial charge in [0.2, 0.25) is 0 Å². The number of hydrogen-bond donors (Lipinski definition) is 0. The molecule has 3 radical (unpaired) electrons. The summed E-state index contributed by atoms with van der Waals surface area (Å²) in [5, 5.41) is 0. The Hall–Kier alpha value is -1.42. The van der Waals surface area contributed by atoms with E-state index in [-0.39, 0.29) is 35.6 Å². The fourth-order valence-corrected chi connectivity index (χ4v) is 2.06. The van der Waals surface area contributed by atoms with Crippen LogP contribution in [0.25, 0.3) is 0 Å². The molecule has 2 nitrogen and oxygen atoms in total. The van der Waals surface area contributed by atoms with Crippen molar-refractivity contribution in [3.05, 3.63) is 91.5 Å². The Kier molecular flexibility index (Phi) is 5.74. The van der Waals surface area contributed by atoms with Crippen LogP contribution in [0.1, 0.15) is 5.69 Å². The van der Waals surface area contributed by atoms with Crippen LogP contribution in [0, 0.1) is 48.6 Å². The summed E-state index contributed by atoms with van der Waals surface area (Å²) in [6.07, 6.45) is 0. The molecule has 0 N–H and O–H groups in total. The van der Waals surface area contributed by atoms with Crippen LogP contribution in [0.15, 0.2) is 72.8 Å². The van der Waals surface area contributed by atoms with Crippen LogP contribution in [-0.4, -0.2) is 4.98 Å². The molecule has 0 atom stereocenters. The second-order valence-corrected chi connectivity index (χ2v) is 4.34. The molecular formula is C18H13LaN2-. The summed E-state index contributed by atoms with van der Waals surface area (Å²) < 4.78 is 0. The van der Waals surface area contributed by atoms with Crippen LogP contribution in [-0.2, 0) is 0 Å². The molecule has 0 fully saturated rings. The molecule has 3 aromatic rings. The third-order valence-electron chi connectivity index (χ3n) is 2.93. The first-order chi connectivity index (χ1) is 9.84. The average Bonchev–Trinajstić information content (AvgIpc) is 2.50. The van der Waals surface area contributed by atoms with Crippen molar-refractivity contribution in [1.29, 1.82) is 0 Å². The summed E-state index contributed by atoms with van der Waals surface area (Å²) in [5.74, 6) is 0.777. The standard InChI is InChI=1S/C18H13N2.La/c1-15-9-8-14-18(19-15)20(16-10-4-2-5-11-16)17-12-6-3-7-13-17;/h1-12,14H;/q-1;. The van der Waals surface area contributed by atoms with Gasteiger partial charge in [0.15, 0.2) is 0 Å². The first-order valence-corrected chi connectivity index (χ1v) is 6.39. The molecule has 0 aliphatic heterocycles. The minimum atomic E-state index is 0. The third-order valence-corrected chi connectivity index (χ3v) is 2.93. The predicted molar refractivity (Wildman–Crippen MR) is 81.2 cm³/mol. The molecule has 1 heterocycles. The Balaban J connectivity index is 0.00000161. The van der Waals surface area contributed by atoms with Crippen molar-refractivity contribution in [2.45, 2.75) is 0 Å². The second kappa shape index (κ2) is 7.55. The van der Waals surface area contributed by atoms with Crippen molar-refractivity contribution in [2.24, 2.45) is 0 Å². The van der Waals surface area contributed by atoms with Gasteiger partial charge in [0.05, 0.1) is 0 Å². The van der Waals surface area contributed by atoms with Crippen LogP contribution in [0.2, 0.25) is 0 Å². The van der Waals surface area contributed by atoms with E-state index in [9.17, 15) is 0 Å². The largest absolute Gasteiger partial charge is 0.319 e. The number of anilines is 3. The summed E-state index contributed by atoms with van der Waals surface area (Å²) in [5.41, 5.74) is 2.45. The number of aromatic nitrogens is 1. The Bertz CT molecular complexity index is 644. The van der Waals surface area contributed by atoms with Gasteiger partial charge in [-0.3, -0.25) is 0 Å². The van der Waals surface area contributed by atoms with E-state index in [1.54, 1.807) is 6.07 Å². The summed E-state index contributed by atoms with van der Waals surface area (Å²) >= 11 is 0. The molecule has 0 unspecified atom stereocenters. The fourth-order valence-electron chi connectivity index (χ4n) is 2.06. The fraction of sp³-hybridized carbons (Fsp3) is 0. The molecule has 0 saturated carbocycles. The van der Waals surface area contributed by atoms with E-state index in [0.29, 0.717) is 5.69 Å². The van der Waals surface area contributed by atoms with Gasteiger partial charge in [-0.05, 0) is 24.3 Å². The first kappa shape index (κ1) is 16.0. The van der Waals surface area contributed by atoms with Crippen LogP contribution in [0.5, 0.6) is 0 Å². The molecule has 3 heteroatoms. The topological polar surface area (TPSA) is 16.1 Å². The molecule has 3 rings (SSSR count). The Labute approximate surface area is 153 Å². The van der Waals surface area contributed by atoms with E-state index in [4.69, 9.17) is 6.92 Å². The van der Waals surface area contributed by atoms with Crippen molar-refractivity contribution in [2.75, 3.05) is 4.90 Å². The van der Waals surface area contributed by atoms with Crippen molar-refractivity contribution >= 4 is 17.2 Å². The van der Waals surface area contributed by atoms with Crippen molar-refractivity contribution in [3.63, 3.8) is 0 Å². The van der Waals surface area contributed by atoms with Crippen molar-refractivity contribution in [1.82, 2.24) is 4.98 Å². The van der Waals surface area contributed by atoms with Gasteiger partial charge in [0, 0.05) is 53.9 Å². The van der Waals surface area contributed by atoms with E-state index in [1.165, 1.54) is 0 Å². The van der Waals surface area contributed by atoms with E-state index in [2.05, 4.69) is 11.1 Å². The van der Waals surface area contributed by atoms with E-state index in [0.717, 1.165) is 17.2 Å². The van der Waals surface area contributed by atoms with Crippen LogP contribution in [0.3, 0.4) is 0 Å². The van der Waals surface area contributed by atoms with E-state index < -0.39 is 0 Å². The molecule has 0 saturated heterocycles. The van der Waals surface area contributed by atoms with Gasteiger partial charge in [0.25, 0.3) is 0 Å². The normalized spacial score (nSPS) is 9.76. The van der Waals surface area contributed by atoms with Gasteiger partial charge in [-0.2, -0.15) is 24.3 Å². The number of rotatable bonds is 3. The molecule has 0 aliphatic carbocycles. The van der Waals surface area contributed by atoms with Gasteiger partial charge in [-0.1, -0.05) is 30.0 Å². The maximum absolute atomic E-state index is 5.80. The van der Waals surface area contributed by atoms with Gasteiger partial charge < -0.3 is 4.90 Å². The quantitative estimate of drug-likeness (QED) is 0.610. The molecule has 21 heavy (non-hydrogen) atoms. The number of para-hydroxylation sites is 2. The molecule has 0 spiro atoms. The maximum atomic E-state index is 5.80. The number of hydrogen-bond acceptors (Lipinski definition) is 2. The third kappa shape index (κ3) is 3.82. The molecule has 0 bridgehead atoms. The zero-order valence-corrected chi connectivity index (χ0v) is 15.1. The van der Waals surface area contributed by atoms with Gasteiger partial charge >= 0.3 is 0 Å². The molecule has 1 aromatic heterocycles. The van der Waals surface area contributed by atoms with E-state index >= 15 is 0 Å². The first-order valence-electron chi connectivity index (χ1n) is 6.39. The summed E-state index contributed by atoms with van der Waals surface area (Å²) in [7, 11) is 0. The van der Waals surface area contributed by atoms with Gasteiger partial charge in [-0.15, -0.1) is 6.07 Å². The maximum Gasteiger partial charge on any atom is 0.135 e. The number of benzene rings is 2. The van der Waals surface area contributed by atoms with Crippen molar-refractivity contribution in [3.8, 4) is 0 Å². The Morgan fingerprint density at radius 1 is 0.857 bits per heavy atom. The zero-order chi connectivity index (χ0) is 13.8. The summed E-state index contributed by atoms with van der Waals surface area (Å²) in [4.78, 5) is 6.43. The summed E-state index contributed by atoms with van der Waals surface area (Å²) in [6, 6.07) is 26.7. The number of pyridine rings is 1. The molecular weight excluding hydrogens is 383 g/mol. The van der Waals surface area contributed by atoms with Crippen LogP contribution >= 0.6 is 0 Å². The van der Waals surface area contributed by atoms with Crippen LogP contribution < -0.4 is 4.90 Å². The molecule has 0 amide bonds. The average molecular weight is 396 g/mol. The second-order valence-electron chi connectivity index (χ2n) is 4.34. The summed E-state index contributed by atoms with van der Waals surface area (Å²) in [6.45, 7) is 5.80. The minimum absolute atomic E-state index is 0. The Morgan fingerprint density at radius 2 is 1.62 bits per heavy atom. The zero-order valence-electron chi connectivity index (χ0n) is 11.5. The Morgan fingerprint density at radius 3 is 2.29 bits per heavy atom. The monoisotopic (exact) mass is 396 g/mol. The predicted octanol–water partition coefficient (Wildman–Crippen LogP) is 4.41. The molecule has 99 valence electrons. The molecule has 0 aliphatic rings. The SMILES string of the molecule is [CH]c1cccc(N(c2[c-]cccc2)c2ccccc2)n1.[La]. The van der Waals surface area contributed by atoms with Gasteiger partial charge in [0.1, 0.15) is 5.82 Å².